The molecule has 1 saturated heterocycles. The van der Waals surface area contributed by atoms with Gasteiger partial charge in [-0.1, -0.05) is 12.1 Å². The number of carbonyl (C=O) groups is 1. The highest BCUT2D eigenvalue weighted by molar-refractivity contribution is 5.83. The topological polar surface area (TPSA) is 38.8 Å². The minimum Gasteiger partial charge on any atom is -0.464 e. The van der Waals surface area contributed by atoms with E-state index < -0.39 is 5.60 Å². The van der Waals surface area contributed by atoms with Gasteiger partial charge in [0.05, 0.1) is 6.61 Å². The molecule has 1 aliphatic heterocycles. The van der Waals surface area contributed by atoms with Crippen LogP contribution in [0, 0.1) is 20.8 Å². The van der Waals surface area contributed by atoms with Crippen molar-refractivity contribution < 1.29 is 14.3 Å². The average molecular weight is 248 g/mol. The minimum absolute atomic E-state index is 0.171. The van der Waals surface area contributed by atoms with Crippen molar-refractivity contribution in [2.45, 2.75) is 46.3 Å². The van der Waals surface area contributed by atoms with Crippen molar-refractivity contribution in [3.8, 4) is 0 Å². The molecule has 1 fully saturated rings. The monoisotopic (exact) mass is 248 g/mol. The lowest BCUT2D eigenvalue weighted by Crippen LogP contribution is -2.24. The highest BCUT2D eigenvalue weighted by Crippen LogP contribution is 2.51. The fourth-order valence-electron chi connectivity index (χ4n) is 2.27. The standard InChI is InChI=1S/C15H20O3/c1-6-17-14(16)15(5)13(18-15)12-8-10(3)9(2)7-11(12)4/h7-8,13H,6H2,1-5H3. The van der Waals surface area contributed by atoms with Crippen LogP contribution in [-0.2, 0) is 14.3 Å². The molecule has 1 aromatic rings. The Morgan fingerprint density at radius 3 is 2.50 bits per heavy atom. The summed E-state index contributed by atoms with van der Waals surface area (Å²) in [6.07, 6.45) is -0.171. The number of epoxide rings is 1. The van der Waals surface area contributed by atoms with Crippen LogP contribution in [0.3, 0.4) is 0 Å². The third-order valence-electron chi connectivity index (χ3n) is 3.65. The smallest absolute Gasteiger partial charge is 0.341 e. The molecule has 1 aliphatic rings. The summed E-state index contributed by atoms with van der Waals surface area (Å²) in [6.45, 7) is 10.2. The second-order valence-electron chi connectivity index (χ2n) is 5.12. The molecule has 0 amide bonds. The maximum absolute atomic E-state index is 11.8. The molecular weight excluding hydrogens is 228 g/mol. The summed E-state index contributed by atoms with van der Waals surface area (Å²) >= 11 is 0. The molecule has 0 radical (unpaired) electrons. The molecule has 0 bridgehead atoms. The molecule has 3 nitrogen and oxygen atoms in total. The van der Waals surface area contributed by atoms with Crippen molar-refractivity contribution in [2.75, 3.05) is 6.61 Å². The number of hydrogen-bond donors (Lipinski definition) is 0. The van der Waals surface area contributed by atoms with Crippen LogP contribution in [0.15, 0.2) is 12.1 Å². The van der Waals surface area contributed by atoms with Crippen molar-refractivity contribution >= 4 is 5.97 Å². The number of benzene rings is 1. The van der Waals surface area contributed by atoms with Gasteiger partial charge in [0.1, 0.15) is 6.10 Å². The number of ether oxygens (including phenoxy) is 2. The molecule has 3 heteroatoms. The summed E-state index contributed by atoms with van der Waals surface area (Å²) in [7, 11) is 0. The van der Waals surface area contributed by atoms with Gasteiger partial charge >= 0.3 is 5.97 Å². The van der Waals surface area contributed by atoms with Crippen molar-refractivity contribution in [1.82, 2.24) is 0 Å². The van der Waals surface area contributed by atoms with E-state index in [0.29, 0.717) is 6.61 Å². The van der Waals surface area contributed by atoms with E-state index in [-0.39, 0.29) is 12.1 Å². The van der Waals surface area contributed by atoms with Gasteiger partial charge in [-0.25, -0.2) is 4.79 Å². The fourth-order valence-corrected chi connectivity index (χ4v) is 2.27. The fraction of sp³-hybridized carbons (Fsp3) is 0.533. The second kappa shape index (κ2) is 4.39. The maximum Gasteiger partial charge on any atom is 0.341 e. The van der Waals surface area contributed by atoms with E-state index in [9.17, 15) is 4.79 Å². The first-order valence-corrected chi connectivity index (χ1v) is 6.33. The molecule has 98 valence electrons. The summed E-state index contributed by atoms with van der Waals surface area (Å²) in [6, 6.07) is 4.25. The van der Waals surface area contributed by atoms with Crippen molar-refractivity contribution in [3.63, 3.8) is 0 Å². The predicted octanol–water partition coefficient (Wildman–Crippen LogP) is 3.00. The predicted molar refractivity (Wildman–Crippen MR) is 69.5 cm³/mol. The zero-order valence-electron chi connectivity index (χ0n) is 11.7. The van der Waals surface area contributed by atoms with Crippen LogP contribution in [0.4, 0.5) is 0 Å². The van der Waals surface area contributed by atoms with Gasteiger partial charge in [0, 0.05) is 0 Å². The molecule has 0 saturated carbocycles. The normalized spacial score (nSPS) is 25.9. The number of rotatable bonds is 3. The Morgan fingerprint density at radius 2 is 1.89 bits per heavy atom. The third-order valence-corrected chi connectivity index (χ3v) is 3.65. The van der Waals surface area contributed by atoms with E-state index >= 15 is 0 Å². The number of carbonyl (C=O) groups excluding carboxylic acids is 1. The van der Waals surface area contributed by atoms with Crippen molar-refractivity contribution in [3.05, 3.63) is 34.4 Å². The zero-order chi connectivity index (χ0) is 13.5. The molecule has 0 aromatic heterocycles. The quantitative estimate of drug-likeness (QED) is 0.609. The lowest BCUT2D eigenvalue weighted by molar-refractivity contribution is -0.148. The lowest BCUT2D eigenvalue weighted by Gasteiger charge is -2.10. The third kappa shape index (κ3) is 2.03. The van der Waals surface area contributed by atoms with Gasteiger partial charge in [0.15, 0.2) is 5.60 Å². The molecule has 2 unspecified atom stereocenters. The van der Waals surface area contributed by atoms with Gasteiger partial charge in [0.2, 0.25) is 0 Å². The van der Waals surface area contributed by atoms with Crippen LogP contribution in [0.2, 0.25) is 0 Å². The highest BCUT2D eigenvalue weighted by atomic mass is 16.7. The molecule has 0 spiro atoms. The Labute approximate surface area is 108 Å². The van der Waals surface area contributed by atoms with E-state index in [1.165, 1.54) is 11.1 Å². The van der Waals surface area contributed by atoms with Gasteiger partial charge in [-0.2, -0.15) is 0 Å². The zero-order valence-corrected chi connectivity index (χ0v) is 11.7. The summed E-state index contributed by atoms with van der Waals surface area (Å²) in [4.78, 5) is 11.8. The van der Waals surface area contributed by atoms with Crippen molar-refractivity contribution in [2.24, 2.45) is 0 Å². The van der Waals surface area contributed by atoms with E-state index in [1.54, 1.807) is 13.8 Å². The molecule has 2 rings (SSSR count). The lowest BCUT2D eigenvalue weighted by atomic mass is 9.94. The second-order valence-corrected chi connectivity index (χ2v) is 5.12. The molecule has 0 N–H and O–H groups in total. The Morgan fingerprint density at radius 1 is 1.28 bits per heavy atom. The molecule has 1 heterocycles. The van der Waals surface area contributed by atoms with Crippen LogP contribution in [0.5, 0.6) is 0 Å². The van der Waals surface area contributed by atoms with Gasteiger partial charge in [-0.15, -0.1) is 0 Å². The first kappa shape index (κ1) is 13.1. The van der Waals surface area contributed by atoms with Crippen LogP contribution >= 0.6 is 0 Å². The highest BCUT2D eigenvalue weighted by Gasteiger charge is 2.61. The Kier molecular flexibility index (Phi) is 3.20. The average Bonchev–Trinajstić information content (AvgIpc) is 2.98. The Hall–Kier alpha value is -1.35. The van der Waals surface area contributed by atoms with Crippen LogP contribution < -0.4 is 0 Å². The van der Waals surface area contributed by atoms with Gasteiger partial charge in [-0.05, 0) is 56.9 Å². The van der Waals surface area contributed by atoms with E-state index in [0.717, 1.165) is 11.1 Å². The summed E-state index contributed by atoms with van der Waals surface area (Å²) in [5, 5.41) is 0. The van der Waals surface area contributed by atoms with E-state index in [2.05, 4.69) is 32.9 Å². The molecule has 0 aliphatic carbocycles. The Bertz CT molecular complexity index is 493. The van der Waals surface area contributed by atoms with Crippen LogP contribution in [0.25, 0.3) is 0 Å². The van der Waals surface area contributed by atoms with Crippen LogP contribution in [-0.4, -0.2) is 18.2 Å². The SMILES string of the molecule is CCOC(=O)C1(C)OC1c1cc(C)c(C)cc1C. The van der Waals surface area contributed by atoms with Gasteiger partial charge < -0.3 is 9.47 Å². The van der Waals surface area contributed by atoms with Crippen molar-refractivity contribution in [1.29, 1.82) is 0 Å². The number of hydrogen-bond acceptors (Lipinski definition) is 3. The molecule has 1 aromatic carbocycles. The molecule has 18 heavy (non-hydrogen) atoms. The first-order valence-electron chi connectivity index (χ1n) is 6.33. The van der Waals surface area contributed by atoms with E-state index in [4.69, 9.17) is 9.47 Å². The van der Waals surface area contributed by atoms with E-state index in [1.807, 2.05) is 0 Å². The van der Waals surface area contributed by atoms with Crippen LogP contribution in [0.1, 0.15) is 42.2 Å². The minimum atomic E-state index is -0.803. The number of esters is 1. The molecule has 2 atom stereocenters. The maximum atomic E-state index is 11.8. The number of aryl methyl sites for hydroxylation is 3. The summed E-state index contributed by atoms with van der Waals surface area (Å²) in [5.74, 6) is -0.271. The summed E-state index contributed by atoms with van der Waals surface area (Å²) < 4.78 is 10.7. The summed E-state index contributed by atoms with van der Waals surface area (Å²) in [5.41, 5.74) is 3.93. The van der Waals surface area contributed by atoms with Gasteiger partial charge in [0.25, 0.3) is 0 Å². The Balaban J connectivity index is 2.26. The van der Waals surface area contributed by atoms with Gasteiger partial charge in [-0.3, -0.25) is 0 Å². The first-order chi connectivity index (χ1) is 8.40. The largest absolute Gasteiger partial charge is 0.464 e. The molecular formula is C15H20O3.